The van der Waals surface area contributed by atoms with Gasteiger partial charge < -0.3 is 10.6 Å². The molecule has 2 N–H and O–H groups in total. The number of hydrogen-bond donors (Lipinski definition) is 1. The Morgan fingerprint density at radius 3 is 2.50 bits per heavy atom. The van der Waals surface area contributed by atoms with Crippen LogP contribution >= 0.6 is 0 Å². The lowest BCUT2D eigenvalue weighted by atomic mass is 10.1. The van der Waals surface area contributed by atoms with Crippen LogP contribution in [0.1, 0.15) is 24.1 Å². The van der Waals surface area contributed by atoms with Gasteiger partial charge in [0.2, 0.25) is 0 Å². The normalized spacial score (nSPS) is 12.2. The van der Waals surface area contributed by atoms with E-state index < -0.39 is 0 Å². The van der Waals surface area contributed by atoms with Crippen LogP contribution in [0.2, 0.25) is 0 Å². The number of anilines is 1. The average Bonchev–Trinajstić information content (AvgIpc) is 2.40. The smallest absolute Gasteiger partial charge is 0.128 e. The van der Waals surface area contributed by atoms with E-state index in [1.165, 1.54) is 5.56 Å². The van der Waals surface area contributed by atoms with Gasteiger partial charge in [-0.2, -0.15) is 0 Å². The Hall–Kier alpha value is -1.94. The quantitative estimate of drug-likeness (QED) is 0.892. The fourth-order valence-corrected chi connectivity index (χ4v) is 1.74. The highest BCUT2D eigenvalue weighted by atomic mass is 15.2. The number of aromatic nitrogens is 2. The molecule has 0 aliphatic heterocycles. The van der Waals surface area contributed by atoms with E-state index in [1.54, 1.807) is 12.4 Å². The topological polar surface area (TPSA) is 55.0 Å². The van der Waals surface area contributed by atoms with Crippen molar-refractivity contribution in [2.75, 3.05) is 11.9 Å². The highest BCUT2D eigenvalue weighted by Crippen LogP contribution is 2.15. The van der Waals surface area contributed by atoms with Crippen LogP contribution in [-0.2, 0) is 6.54 Å². The van der Waals surface area contributed by atoms with Gasteiger partial charge in [0, 0.05) is 38.2 Å². The molecule has 0 amide bonds. The van der Waals surface area contributed by atoms with Crippen molar-refractivity contribution in [2.24, 2.45) is 5.73 Å². The maximum absolute atomic E-state index is 5.80. The molecule has 0 unspecified atom stereocenters. The van der Waals surface area contributed by atoms with E-state index in [2.05, 4.69) is 14.9 Å². The molecule has 0 radical (unpaired) electrons. The summed E-state index contributed by atoms with van der Waals surface area (Å²) in [5.74, 6) is 0.941. The Balaban J connectivity index is 2.07. The number of nitrogens with zero attached hydrogens (tertiary/aromatic N) is 3. The minimum Gasteiger partial charge on any atom is -0.355 e. The van der Waals surface area contributed by atoms with E-state index in [0.717, 1.165) is 17.9 Å². The third kappa shape index (κ3) is 3.05. The summed E-state index contributed by atoms with van der Waals surface area (Å²) in [6.07, 6.45) is 5.44. The summed E-state index contributed by atoms with van der Waals surface area (Å²) in [5.41, 5.74) is 8.07. The third-order valence-corrected chi connectivity index (χ3v) is 2.86. The third-order valence-electron chi connectivity index (χ3n) is 2.86. The molecule has 1 atom stereocenters. The fraction of sp³-hybridized carbons (Fsp3) is 0.286. The van der Waals surface area contributed by atoms with Crippen molar-refractivity contribution in [2.45, 2.75) is 19.5 Å². The highest BCUT2D eigenvalue weighted by Gasteiger charge is 2.05. The summed E-state index contributed by atoms with van der Waals surface area (Å²) in [6, 6.07) is 8.06. The molecule has 4 nitrogen and oxygen atoms in total. The summed E-state index contributed by atoms with van der Waals surface area (Å²) < 4.78 is 0. The van der Waals surface area contributed by atoms with E-state index in [9.17, 15) is 0 Å². The zero-order valence-electron chi connectivity index (χ0n) is 10.7. The first-order chi connectivity index (χ1) is 8.66. The largest absolute Gasteiger partial charge is 0.355 e. The molecule has 4 heteroatoms. The van der Waals surface area contributed by atoms with E-state index in [-0.39, 0.29) is 6.04 Å². The molecule has 18 heavy (non-hydrogen) atoms. The first-order valence-electron chi connectivity index (χ1n) is 5.98. The van der Waals surface area contributed by atoms with Crippen molar-refractivity contribution in [3.8, 4) is 0 Å². The van der Waals surface area contributed by atoms with Gasteiger partial charge in [0.15, 0.2) is 0 Å². The van der Waals surface area contributed by atoms with Crippen molar-refractivity contribution < 1.29 is 0 Å². The first kappa shape index (κ1) is 12.5. The average molecular weight is 242 g/mol. The summed E-state index contributed by atoms with van der Waals surface area (Å²) >= 11 is 0. The number of pyridine rings is 2. The standard InChI is InChI=1S/C14H18N4/c1-11(15)13-3-4-14(17-9-13)18(2)10-12-5-7-16-8-6-12/h3-9,11H,10,15H2,1-2H3/t11-/m0/s1. The van der Waals surface area contributed by atoms with Crippen LogP contribution in [0.15, 0.2) is 42.9 Å². The van der Waals surface area contributed by atoms with Crippen LogP contribution in [0.3, 0.4) is 0 Å². The zero-order chi connectivity index (χ0) is 13.0. The van der Waals surface area contributed by atoms with Crippen LogP contribution in [0.4, 0.5) is 5.82 Å². The van der Waals surface area contributed by atoms with Gasteiger partial charge >= 0.3 is 0 Å². The predicted molar refractivity (Wildman–Crippen MR) is 73.2 cm³/mol. The van der Waals surface area contributed by atoms with Gasteiger partial charge in [-0.15, -0.1) is 0 Å². The number of rotatable bonds is 4. The molecule has 0 aliphatic carbocycles. The van der Waals surface area contributed by atoms with Crippen LogP contribution in [0, 0.1) is 0 Å². The van der Waals surface area contributed by atoms with Gasteiger partial charge in [0.1, 0.15) is 5.82 Å². The zero-order valence-corrected chi connectivity index (χ0v) is 10.7. The van der Waals surface area contributed by atoms with Crippen molar-refractivity contribution in [1.29, 1.82) is 0 Å². The molecule has 0 aliphatic rings. The molecular weight excluding hydrogens is 224 g/mol. The Morgan fingerprint density at radius 2 is 1.94 bits per heavy atom. The lowest BCUT2D eigenvalue weighted by Crippen LogP contribution is -2.18. The van der Waals surface area contributed by atoms with Crippen molar-refractivity contribution in [3.05, 3.63) is 54.0 Å². The van der Waals surface area contributed by atoms with Crippen molar-refractivity contribution >= 4 is 5.82 Å². The second kappa shape index (κ2) is 5.60. The minimum atomic E-state index is 0.0250. The van der Waals surface area contributed by atoms with Crippen LogP contribution < -0.4 is 10.6 Å². The summed E-state index contributed by atoms with van der Waals surface area (Å²) in [5, 5.41) is 0. The maximum atomic E-state index is 5.80. The van der Waals surface area contributed by atoms with Crippen LogP contribution in [0.5, 0.6) is 0 Å². The maximum Gasteiger partial charge on any atom is 0.128 e. The van der Waals surface area contributed by atoms with E-state index in [1.807, 2.05) is 44.4 Å². The van der Waals surface area contributed by atoms with Crippen molar-refractivity contribution in [3.63, 3.8) is 0 Å². The summed E-state index contributed by atoms with van der Waals surface area (Å²) in [6.45, 7) is 2.77. The molecule has 0 aromatic carbocycles. The first-order valence-corrected chi connectivity index (χ1v) is 5.98. The predicted octanol–water partition coefficient (Wildman–Crippen LogP) is 2.13. The van der Waals surface area contributed by atoms with Gasteiger partial charge in [-0.05, 0) is 36.2 Å². The molecular formula is C14H18N4. The SMILES string of the molecule is C[C@H](N)c1ccc(N(C)Cc2ccncc2)nc1. The molecule has 94 valence electrons. The molecule has 0 fully saturated rings. The monoisotopic (exact) mass is 242 g/mol. The van der Waals surface area contributed by atoms with E-state index in [0.29, 0.717) is 0 Å². The lowest BCUT2D eigenvalue weighted by molar-refractivity contribution is 0.807. The Kier molecular flexibility index (Phi) is 3.89. The molecule has 2 aromatic rings. The summed E-state index contributed by atoms with van der Waals surface area (Å²) in [7, 11) is 2.02. The second-order valence-electron chi connectivity index (χ2n) is 4.45. The van der Waals surface area contributed by atoms with Crippen molar-refractivity contribution in [1.82, 2.24) is 9.97 Å². The Bertz CT molecular complexity index is 479. The van der Waals surface area contributed by atoms with E-state index >= 15 is 0 Å². The molecule has 0 bridgehead atoms. The molecule has 2 heterocycles. The molecule has 0 spiro atoms. The Morgan fingerprint density at radius 1 is 1.22 bits per heavy atom. The molecule has 2 rings (SSSR count). The fourth-order valence-electron chi connectivity index (χ4n) is 1.74. The van der Waals surface area contributed by atoms with Gasteiger partial charge in [0.25, 0.3) is 0 Å². The Labute approximate surface area is 107 Å². The number of nitrogens with two attached hydrogens (primary N) is 1. The van der Waals surface area contributed by atoms with Gasteiger partial charge in [-0.1, -0.05) is 6.07 Å². The minimum absolute atomic E-state index is 0.0250. The second-order valence-corrected chi connectivity index (χ2v) is 4.45. The van der Waals surface area contributed by atoms with Gasteiger partial charge in [0.05, 0.1) is 0 Å². The molecule has 2 aromatic heterocycles. The van der Waals surface area contributed by atoms with Gasteiger partial charge in [-0.3, -0.25) is 4.98 Å². The highest BCUT2D eigenvalue weighted by molar-refractivity contribution is 5.39. The lowest BCUT2D eigenvalue weighted by Gasteiger charge is -2.18. The van der Waals surface area contributed by atoms with Crippen LogP contribution in [-0.4, -0.2) is 17.0 Å². The van der Waals surface area contributed by atoms with E-state index in [4.69, 9.17) is 5.73 Å². The molecule has 0 saturated heterocycles. The molecule has 0 saturated carbocycles. The summed E-state index contributed by atoms with van der Waals surface area (Å²) in [4.78, 5) is 10.5. The van der Waals surface area contributed by atoms with Gasteiger partial charge in [-0.25, -0.2) is 4.98 Å². The number of hydrogen-bond acceptors (Lipinski definition) is 4. The van der Waals surface area contributed by atoms with Crippen LogP contribution in [0.25, 0.3) is 0 Å².